The fourth-order valence-corrected chi connectivity index (χ4v) is 5.70. The number of anilines is 1. The molecule has 9 heteroatoms. The summed E-state index contributed by atoms with van der Waals surface area (Å²) in [7, 11) is 0. The maximum absolute atomic E-state index is 13.1. The number of piperidine rings is 1. The van der Waals surface area contributed by atoms with Gasteiger partial charge in [-0.15, -0.1) is 0 Å². The predicted octanol–water partition coefficient (Wildman–Crippen LogP) is 1.59. The van der Waals surface area contributed by atoms with Crippen LogP contribution in [0.15, 0.2) is 24.3 Å². The van der Waals surface area contributed by atoms with Crippen LogP contribution in [-0.2, 0) is 14.4 Å². The number of nitrogens with one attached hydrogen (secondary N) is 1. The zero-order valence-electron chi connectivity index (χ0n) is 21.2. The second-order valence-electron chi connectivity index (χ2n) is 10.6. The molecule has 9 nitrogen and oxygen atoms in total. The summed E-state index contributed by atoms with van der Waals surface area (Å²) in [5, 5.41) is 12.3. The van der Waals surface area contributed by atoms with Crippen LogP contribution in [-0.4, -0.2) is 106 Å². The van der Waals surface area contributed by atoms with E-state index in [0.717, 1.165) is 52.0 Å². The summed E-state index contributed by atoms with van der Waals surface area (Å²) in [6, 6.07) is 6.59. The van der Waals surface area contributed by atoms with Gasteiger partial charge in [-0.1, -0.05) is 0 Å². The van der Waals surface area contributed by atoms with E-state index in [1.807, 2.05) is 9.80 Å². The van der Waals surface area contributed by atoms with Crippen LogP contribution in [0, 0.1) is 5.92 Å². The second-order valence-corrected chi connectivity index (χ2v) is 10.6. The molecule has 0 bridgehead atoms. The highest BCUT2D eigenvalue weighted by Gasteiger charge is 2.40. The van der Waals surface area contributed by atoms with Crippen molar-refractivity contribution in [3.05, 3.63) is 24.3 Å². The fourth-order valence-electron chi connectivity index (χ4n) is 5.70. The quantitative estimate of drug-likeness (QED) is 0.615. The van der Waals surface area contributed by atoms with Crippen LogP contribution in [0.2, 0.25) is 0 Å². The lowest BCUT2D eigenvalue weighted by molar-refractivity contribution is -0.140. The number of hydrogen-bond donors (Lipinski definition) is 2. The molecule has 1 aromatic carbocycles. The zero-order chi connectivity index (χ0) is 25.2. The second kappa shape index (κ2) is 10.5. The number of aromatic hydroxyl groups is 1. The molecule has 3 fully saturated rings. The molecule has 3 heterocycles. The van der Waals surface area contributed by atoms with E-state index in [0.29, 0.717) is 25.3 Å². The largest absolute Gasteiger partial charge is 0.508 e. The van der Waals surface area contributed by atoms with Crippen LogP contribution in [0.5, 0.6) is 5.75 Å². The number of amides is 3. The maximum atomic E-state index is 13.1. The van der Waals surface area contributed by atoms with Crippen molar-refractivity contribution in [3.63, 3.8) is 0 Å². The van der Waals surface area contributed by atoms with Gasteiger partial charge >= 0.3 is 0 Å². The number of phenols is 1. The van der Waals surface area contributed by atoms with Gasteiger partial charge in [0.05, 0.1) is 12.5 Å². The van der Waals surface area contributed by atoms with Crippen LogP contribution in [0.4, 0.5) is 5.69 Å². The van der Waals surface area contributed by atoms with E-state index in [4.69, 9.17) is 0 Å². The van der Waals surface area contributed by atoms with Crippen LogP contribution in [0.3, 0.4) is 0 Å². The molecule has 3 aliphatic rings. The third-order valence-electron chi connectivity index (χ3n) is 8.13. The SMILES string of the molecule is CC(=O)N1CCC(C)(N2CCN(C(=O)CN3CC[C@@H](C(=O)Nc4ccc(O)cc4)C3)[C@@H](C)C2)CC1. The van der Waals surface area contributed by atoms with Gasteiger partial charge in [0.15, 0.2) is 0 Å². The van der Waals surface area contributed by atoms with Crippen LogP contribution >= 0.6 is 0 Å². The van der Waals surface area contributed by atoms with Gasteiger partial charge in [-0.05, 0) is 63.9 Å². The van der Waals surface area contributed by atoms with Gasteiger partial charge in [0.25, 0.3) is 0 Å². The number of likely N-dealkylation sites (tertiary alicyclic amines) is 2. The maximum Gasteiger partial charge on any atom is 0.237 e. The Morgan fingerprint density at radius 2 is 1.71 bits per heavy atom. The van der Waals surface area contributed by atoms with Crippen molar-refractivity contribution in [1.82, 2.24) is 19.6 Å². The van der Waals surface area contributed by atoms with E-state index in [-0.39, 0.29) is 41.0 Å². The van der Waals surface area contributed by atoms with E-state index < -0.39 is 0 Å². The molecule has 1 aromatic rings. The van der Waals surface area contributed by atoms with Gasteiger partial charge in [0, 0.05) is 63.5 Å². The first-order valence-electron chi connectivity index (χ1n) is 12.8. The molecule has 35 heavy (non-hydrogen) atoms. The molecule has 2 atom stereocenters. The summed E-state index contributed by atoms with van der Waals surface area (Å²) in [5.74, 6) is 0.255. The summed E-state index contributed by atoms with van der Waals surface area (Å²) in [5.41, 5.74) is 0.734. The van der Waals surface area contributed by atoms with Gasteiger partial charge in [0.2, 0.25) is 17.7 Å². The first kappa shape index (κ1) is 25.4. The van der Waals surface area contributed by atoms with Crippen molar-refractivity contribution < 1.29 is 19.5 Å². The first-order chi connectivity index (χ1) is 16.6. The first-order valence-corrected chi connectivity index (χ1v) is 12.8. The third-order valence-corrected chi connectivity index (χ3v) is 8.13. The van der Waals surface area contributed by atoms with E-state index in [1.165, 1.54) is 0 Å². The van der Waals surface area contributed by atoms with E-state index >= 15 is 0 Å². The molecule has 0 radical (unpaired) electrons. The van der Waals surface area contributed by atoms with Gasteiger partial charge in [0.1, 0.15) is 5.75 Å². The standard InChI is InChI=1S/C26H39N5O4/c1-19-16-30(26(3)9-12-29(13-10-26)20(2)32)14-15-31(19)24(34)18-28-11-8-21(17-28)25(35)27-22-4-6-23(33)7-5-22/h4-7,19,21,33H,8-18H2,1-3H3,(H,27,35)/t19-,21+/m0/s1. The Bertz CT molecular complexity index is 928. The number of phenolic OH excluding ortho intramolecular Hbond substituents is 1. The Morgan fingerprint density at radius 3 is 2.34 bits per heavy atom. The van der Waals surface area contributed by atoms with Gasteiger partial charge in [-0.25, -0.2) is 0 Å². The average Bonchev–Trinajstić information content (AvgIpc) is 3.29. The lowest BCUT2D eigenvalue weighted by Gasteiger charge is -2.51. The minimum Gasteiger partial charge on any atom is -0.508 e. The number of rotatable bonds is 5. The molecular formula is C26H39N5O4. The van der Waals surface area contributed by atoms with Crippen molar-refractivity contribution in [2.24, 2.45) is 5.92 Å². The number of carbonyl (C=O) groups is 3. The topological polar surface area (TPSA) is 96.4 Å². The number of nitrogens with zero attached hydrogens (tertiary/aromatic N) is 4. The Kier molecular flexibility index (Phi) is 7.66. The lowest BCUT2D eigenvalue weighted by Crippen LogP contribution is -2.63. The zero-order valence-corrected chi connectivity index (χ0v) is 21.2. The number of benzene rings is 1. The Hall–Kier alpha value is -2.65. The summed E-state index contributed by atoms with van der Waals surface area (Å²) >= 11 is 0. The molecule has 0 spiro atoms. The molecule has 2 N–H and O–H groups in total. The summed E-state index contributed by atoms with van der Waals surface area (Å²) < 4.78 is 0. The highest BCUT2D eigenvalue weighted by Crippen LogP contribution is 2.31. The lowest BCUT2D eigenvalue weighted by atomic mass is 9.86. The molecule has 0 aliphatic carbocycles. The van der Waals surface area contributed by atoms with Crippen LogP contribution < -0.4 is 5.32 Å². The Balaban J connectivity index is 1.24. The van der Waals surface area contributed by atoms with Gasteiger partial charge < -0.3 is 20.2 Å². The normalized spacial score (nSPS) is 25.5. The molecule has 3 amide bonds. The smallest absolute Gasteiger partial charge is 0.237 e. The van der Waals surface area contributed by atoms with E-state index in [9.17, 15) is 19.5 Å². The van der Waals surface area contributed by atoms with Crippen LogP contribution in [0.25, 0.3) is 0 Å². The van der Waals surface area contributed by atoms with Crippen molar-refractivity contribution in [2.75, 3.05) is 57.7 Å². The summed E-state index contributed by atoms with van der Waals surface area (Å²) in [6.07, 6.45) is 2.67. The third kappa shape index (κ3) is 5.95. The number of carbonyl (C=O) groups excluding carboxylic acids is 3. The van der Waals surface area contributed by atoms with Gasteiger partial charge in [-0.2, -0.15) is 0 Å². The van der Waals surface area contributed by atoms with Crippen LogP contribution in [0.1, 0.15) is 40.0 Å². The molecule has 192 valence electrons. The highest BCUT2D eigenvalue weighted by atomic mass is 16.3. The van der Waals surface area contributed by atoms with E-state index in [2.05, 4.69) is 29.0 Å². The number of piperazine rings is 1. The summed E-state index contributed by atoms with van der Waals surface area (Å²) in [4.78, 5) is 46.0. The van der Waals surface area contributed by atoms with Crippen molar-refractivity contribution in [3.8, 4) is 5.75 Å². The minimum atomic E-state index is -0.147. The molecular weight excluding hydrogens is 446 g/mol. The minimum absolute atomic E-state index is 0.0447. The molecule has 0 aromatic heterocycles. The van der Waals surface area contributed by atoms with Crippen molar-refractivity contribution in [1.29, 1.82) is 0 Å². The number of hydrogen-bond acceptors (Lipinski definition) is 6. The average molecular weight is 486 g/mol. The van der Waals surface area contributed by atoms with Gasteiger partial charge in [-0.3, -0.25) is 24.2 Å². The Morgan fingerprint density at radius 1 is 1.03 bits per heavy atom. The molecule has 4 rings (SSSR count). The predicted molar refractivity (Wildman–Crippen MR) is 134 cm³/mol. The molecule has 0 unspecified atom stereocenters. The fraction of sp³-hybridized carbons (Fsp3) is 0.654. The summed E-state index contributed by atoms with van der Waals surface area (Å²) in [6.45, 7) is 11.7. The highest BCUT2D eigenvalue weighted by molar-refractivity contribution is 5.93. The monoisotopic (exact) mass is 485 g/mol. The Labute approximate surface area is 208 Å². The van der Waals surface area contributed by atoms with E-state index in [1.54, 1.807) is 31.2 Å². The van der Waals surface area contributed by atoms with Crippen molar-refractivity contribution >= 4 is 23.4 Å². The molecule has 3 saturated heterocycles. The molecule has 0 saturated carbocycles. The van der Waals surface area contributed by atoms with Crippen molar-refractivity contribution in [2.45, 2.75) is 51.6 Å². The molecule has 3 aliphatic heterocycles.